The topological polar surface area (TPSA) is 89.8 Å². The first-order valence-electron chi connectivity index (χ1n) is 7.26. The second-order valence-electron chi connectivity index (χ2n) is 5.26. The SMILES string of the molecule is CCCCNCCCC(CC(F)(F)F)CC(F)(F)F.O=P(O)(O)O. The molecule has 4 N–H and O–H groups in total. The molecule has 12 heteroatoms. The number of hydrogen-bond acceptors (Lipinski definition) is 2. The summed E-state index contributed by atoms with van der Waals surface area (Å²) in [6.07, 6.45) is -9.56. The van der Waals surface area contributed by atoms with Crippen LogP contribution in [0, 0.1) is 5.92 Å². The molecule has 24 heavy (non-hydrogen) atoms. The van der Waals surface area contributed by atoms with Crippen LogP contribution in [-0.2, 0) is 4.57 Å². The van der Waals surface area contributed by atoms with Crippen LogP contribution in [0.1, 0.15) is 45.4 Å². The first-order chi connectivity index (χ1) is 10.6. The third kappa shape index (κ3) is 29.6. The van der Waals surface area contributed by atoms with Gasteiger partial charge in [-0.2, -0.15) is 26.3 Å². The lowest BCUT2D eigenvalue weighted by atomic mass is 9.95. The number of rotatable bonds is 9. The molecule has 0 aromatic rings. The minimum atomic E-state index is -4.64. The summed E-state index contributed by atoms with van der Waals surface area (Å²) in [5.41, 5.74) is 0. The van der Waals surface area contributed by atoms with Gasteiger partial charge in [0.05, 0.1) is 0 Å². The standard InChI is InChI=1S/C12H21F6N.H3O4P/c1-2-3-6-19-7-4-5-10(8-11(13,14)15)9-12(16,17)18;1-5(2,3)4/h10,19H,2-9H2,1H3;(H3,1,2,3,4). The van der Waals surface area contributed by atoms with Crippen LogP contribution in [0.5, 0.6) is 0 Å². The first-order valence-corrected chi connectivity index (χ1v) is 8.83. The predicted molar refractivity (Wildman–Crippen MR) is 76.1 cm³/mol. The number of halogens is 6. The molecule has 0 aliphatic carbocycles. The first kappa shape index (κ1) is 25.9. The monoisotopic (exact) mass is 391 g/mol. The lowest BCUT2D eigenvalue weighted by Gasteiger charge is -2.20. The quantitative estimate of drug-likeness (QED) is 0.273. The number of nitrogens with one attached hydrogen (secondary N) is 1. The van der Waals surface area contributed by atoms with E-state index < -0.39 is 38.9 Å². The fraction of sp³-hybridized carbons (Fsp3) is 1.00. The van der Waals surface area contributed by atoms with Crippen molar-refractivity contribution in [3.05, 3.63) is 0 Å². The van der Waals surface area contributed by atoms with Gasteiger partial charge in [0, 0.05) is 12.8 Å². The normalized spacial score (nSPS) is 13.0. The van der Waals surface area contributed by atoms with E-state index in [2.05, 4.69) is 5.32 Å². The van der Waals surface area contributed by atoms with Crippen LogP contribution in [0.2, 0.25) is 0 Å². The molecule has 0 heterocycles. The average Bonchev–Trinajstić information content (AvgIpc) is 2.27. The molecule has 0 spiro atoms. The van der Waals surface area contributed by atoms with Crippen molar-refractivity contribution in [2.24, 2.45) is 5.92 Å². The van der Waals surface area contributed by atoms with Gasteiger partial charge in [0.2, 0.25) is 0 Å². The van der Waals surface area contributed by atoms with Gasteiger partial charge in [-0.15, -0.1) is 0 Å². The molecule has 0 rings (SSSR count). The molecule has 5 nitrogen and oxygen atoms in total. The molecule has 0 aliphatic rings. The van der Waals surface area contributed by atoms with Gasteiger partial charge < -0.3 is 20.0 Å². The molecular weight excluding hydrogens is 367 g/mol. The molecule has 0 aromatic carbocycles. The van der Waals surface area contributed by atoms with Crippen LogP contribution < -0.4 is 5.32 Å². The summed E-state index contributed by atoms with van der Waals surface area (Å²) < 4.78 is 81.9. The lowest BCUT2D eigenvalue weighted by molar-refractivity contribution is -0.173. The fourth-order valence-electron chi connectivity index (χ4n) is 1.87. The van der Waals surface area contributed by atoms with E-state index in [4.69, 9.17) is 19.2 Å². The molecule has 0 saturated heterocycles. The van der Waals surface area contributed by atoms with Crippen LogP contribution in [0.4, 0.5) is 26.3 Å². The summed E-state index contributed by atoms with van der Waals surface area (Å²) in [5.74, 6) is -1.37. The molecule has 0 fully saturated rings. The van der Waals surface area contributed by atoms with E-state index >= 15 is 0 Å². The summed E-state index contributed by atoms with van der Waals surface area (Å²) in [6, 6.07) is 0. The largest absolute Gasteiger partial charge is 0.466 e. The second-order valence-corrected chi connectivity index (χ2v) is 6.29. The molecule has 0 saturated carbocycles. The molecule has 148 valence electrons. The Morgan fingerprint density at radius 2 is 1.29 bits per heavy atom. The summed E-state index contributed by atoms with van der Waals surface area (Å²) >= 11 is 0. The zero-order chi connectivity index (χ0) is 19.4. The van der Waals surface area contributed by atoms with Crippen LogP contribution in [0.3, 0.4) is 0 Å². The van der Waals surface area contributed by atoms with E-state index in [9.17, 15) is 26.3 Å². The zero-order valence-electron chi connectivity index (χ0n) is 13.2. The van der Waals surface area contributed by atoms with Crippen LogP contribution in [0.25, 0.3) is 0 Å². The highest BCUT2D eigenvalue weighted by Gasteiger charge is 2.38. The van der Waals surface area contributed by atoms with Crippen molar-refractivity contribution in [2.45, 2.75) is 57.8 Å². The highest BCUT2D eigenvalue weighted by Crippen LogP contribution is 2.35. The summed E-state index contributed by atoms with van der Waals surface area (Å²) in [4.78, 5) is 21.6. The summed E-state index contributed by atoms with van der Waals surface area (Å²) in [7, 11) is -4.64. The highest BCUT2D eigenvalue weighted by molar-refractivity contribution is 7.45. The molecular formula is C12H24F6NO4P. The Labute approximate surface area is 136 Å². The Morgan fingerprint density at radius 1 is 0.917 bits per heavy atom. The average molecular weight is 391 g/mol. The van der Waals surface area contributed by atoms with E-state index in [0.29, 0.717) is 13.0 Å². The van der Waals surface area contributed by atoms with Crippen molar-refractivity contribution < 1.29 is 45.6 Å². The number of unbranched alkanes of at least 4 members (excludes halogenated alkanes) is 1. The minimum absolute atomic E-state index is 0.0574. The maximum Gasteiger partial charge on any atom is 0.466 e. The van der Waals surface area contributed by atoms with Gasteiger partial charge >= 0.3 is 20.2 Å². The van der Waals surface area contributed by atoms with Gasteiger partial charge in [0.15, 0.2) is 0 Å². The number of alkyl halides is 6. The summed E-state index contributed by atoms with van der Waals surface area (Å²) in [5, 5.41) is 3.00. The van der Waals surface area contributed by atoms with E-state index in [0.717, 1.165) is 19.4 Å². The predicted octanol–water partition coefficient (Wildman–Crippen LogP) is 3.75. The minimum Gasteiger partial charge on any atom is -0.317 e. The highest BCUT2D eigenvalue weighted by atomic mass is 31.2. The van der Waals surface area contributed by atoms with Gasteiger partial charge in [-0.3, -0.25) is 0 Å². The van der Waals surface area contributed by atoms with Crippen molar-refractivity contribution in [3.8, 4) is 0 Å². The van der Waals surface area contributed by atoms with Crippen LogP contribution in [-0.4, -0.2) is 40.1 Å². The van der Waals surface area contributed by atoms with Crippen molar-refractivity contribution in [2.75, 3.05) is 13.1 Å². The molecule has 0 atom stereocenters. The Morgan fingerprint density at radius 3 is 1.62 bits per heavy atom. The van der Waals surface area contributed by atoms with Gasteiger partial charge in [-0.25, -0.2) is 4.57 Å². The maximum atomic E-state index is 12.2. The van der Waals surface area contributed by atoms with Crippen LogP contribution in [0.15, 0.2) is 0 Å². The van der Waals surface area contributed by atoms with E-state index in [-0.39, 0.29) is 6.42 Å². The van der Waals surface area contributed by atoms with Gasteiger partial charge in [0.25, 0.3) is 0 Å². The Hall–Kier alpha value is -0.350. The number of phosphoric acid groups is 1. The van der Waals surface area contributed by atoms with Crippen molar-refractivity contribution in [1.29, 1.82) is 0 Å². The molecule has 0 bridgehead atoms. The van der Waals surface area contributed by atoms with E-state index in [1.54, 1.807) is 0 Å². The van der Waals surface area contributed by atoms with Gasteiger partial charge in [-0.05, 0) is 38.3 Å². The third-order valence-electron chi connectivity index (χ3n) is 2.71. The molecule has 0 radical (unpaired) electrons. The zero-order valence-corrected chi connectivity index (χ0v) is 14.1. The number of hydrogen-bond donors (Lipinski definition) is 4. The summed E-state index contributed by atoms with van der Waals surface area (Å²) in [6.45, 7) is 3.22. The van der Waals surface area contributed by atoms with E-state index in [1.807, 2.05) is 6.92 Å². The smallest absolute Gasteiger partial charge is 0.317 e. The Balaban J connectivity index is 0. The fourth-order valence-corrected chi connectivity index (χ4v) is 1.87. The molecule has 0 aliphatic heterocycles. The maximum absolute atomic E-state index is 12.2. The molecule has 0 aromatic heterocycles. The van der Waals surface area contributed by atoms with Crippen molar-refractivity contribution in [3.63, 3.8) is 0 Å². The lowest BCUT2D eigenvalue weighted by Crippen LogP contribution is -2.23. The van der Waals surface area contributed by atoms with Crippen molar-refractivity contribution in [1.82, 2.24) is 5.32 Å². The van der Waals surface area contributed by atoms with Gasteiger partial charge in [-0.1, -0.05) is 13.3 Å². The van der Waals surface area contributed by atoms with E-state index in [1.165, 1.54) is 0 Å². The Bertz CT molecular complexity index is 334. The second kappa shape index (κ2) is 12.1. The van der Waals surface area contributed by atoms with Gasteiger partial charge in [0.1, 0.15) is 0 Å². The Kier molecular flexibility index (Phi) is 13.0. The molecule has 0 unspecified atom stereocenters. The van der Waals surface area contributed by atoms with Crippen LogP contribution >= 0.6 is 7.82 Å². The molecule has 0 amide bonds. The van der Waals surface area contributed by atoms with Crippen molar-refractivity contribution >= 4 is 7.82 Å². The third-order valence-corrected chi connectivity index (χ3v) is 2.71.